The van der Waals surface area contributed by atoms with Gasteiger partial charge in [-0.2, -0.15) is 0 Å². The molecule has 3 unspecified atom stereocenters. The van der Waals surface area contributed by atoms with E-state index in [4.69, 9.17) is 16.4 Å². The van der Waals surface area contributed by atoms with Crippen LogP contribution < -0.4 is 0 Å². The molecule has 1 aliphatic rings. The lowest BCUT2D eigenvalue weighted by Gasteiger charge is -2.17. The van der Waals surface area contributed by atoms with Crippen LogP contribution in [0.4, 0.5) is 13.2 Å². The molecule has 180 valence electrons. The Morgan fingerprint density at radius 1 is 1.38 bits per heavy atom. The molecule has 0 bridgehead atoms. The van der Waals surface area contributed by atoms with Crippen LogP contribution in [0.25, 0.3) is 0 Å². The van der Waals surface area contributed by atoms with Crippen molar-refractivity contribution < 1.29 is 27.0 Å². The van der Waals surface area contributed by atoms with Crippen molar-refractivity contribution in [3.8, 4) is 0 Å². The van der Waals surface area contributed by atoms with E-state index in [1.54, 1.807) is 32.9 Å². The number of allylic oxidation sites excluding steroid dienone is 3. The molecule has 1 aliphatic heterocycles. The predicted octanol–water partition coefficient (Wildman–Crippen LogP) is 6.49. The molecule has 0 N–H and O–H groups in total. The first-order valence-corrected chi connectivity index (χ1v) is 11.6. The van der Waals surface area contributed by atoms with Gasteiger partial charge in [-0.05, 0) is 52.3 Å². The summed E-state index contributed by atoms with van der Waals surface area (Å²) in [6.07, 6.45) is 4.36. The number of aldehydes is 1. The summed E-state index contributed by atoms with van der Waals surface area (Å²) in [5.74, 6) is -2.23. The van der Waals surface area contributed by atoms with E-state index in [0.29, 0.717) is 0 Å². The number of carbonyl (C=O) groups is 1. The fourth-order valence-corrected chi connectivity index (χ4v) is 3.91. The normalized spacial score (nSPS) is 18.2. The molecule has 0 radical (unpaired) electrons. The van der Waals surface area contributed by atoms with Gasteiger partial charge in [-0.1, -0.05) is 23.4 Å². The lowest BCUT2D eigenvalue weighted by atomic mass is 10.1. The predicted molar refractivity (Wildman–Crippen MR) is 125 cm³/mol. The van der Waals surface area contributed by atoms with E-state index in [0.717, 1.165) is 37.1 Å². The Labute approximate surface area is 193 Å². The highest BCUT2D eigenvalue weighted by Crippen LogP contribution is 2.36. The van der Waals surface area contributed by atoms with Gasteiger partial charge in [0, 0.05) is 18.8 Å². The van der Waals surface area contributed by atoms with E-state index in [1.807, 2.05) is 13.8 Å². The van der Waals surface area contributed by atoms with Gasteiger partial charge >= 0.3 is 0 Å². The van der Waals surface area contributed by atoms with Crippen LogP contribution in [-0.2, 0) is 19.4 Å². The fraction of sp³-hybridized carbons (Fsp3) is 0.455. The number of hydrogen-bond donors (Lipinski definition) is 0. The minimum absolute atomic E-state index is 0.0691. The number of benzene rings is 1. The van der Waals surface area contributed by atoms with E-state index in [2.05, 4.69) is 16.1 Å². The monoisotopic (exact) mass is 494 g/mol. The van der Waals surface area contributed by atoms with Gasteiger partial charge in [0.2, 0.25) is 5.50 Å². The minimum Gasteiger partial charge on any atom is -0.389 e. The molecule has 1 heterocycles. The number of hydrogen-bond acceptors (Lipinski definition) is 5. The van der Waals surface area contributed by atoms with Gasteiger partial charge in [0.05, 0.1) is 5.56 Å². The van der Waals surface area contributed by atoms with Gasteiger partial charge in [-0.15, -0.1) is 18.2 Å². The number of carbonyl (C=O) groups excluding carboxylic acids is 1. The Kier molecular flexibility index (Phi) is 12.5. The Hall–Kier alpha value is -2.13. The molecule has 0 amide bonds. The first kappa shape index (κ1) is 29.9. The second-order valence-electron chi connectivity index (χ2n) is 7.28. The zero-order chi connectivity index (χ0) is 25.1. The zero-order valence-electron chi connectivity index (χ0n) is 19.1. The third kappa shape index (κ3) is 8.78. The van der Waals surface area contributed by atoms with Gasteiger partial charge in [-0.25, -0.2) is 21.7 Å². The van der Waals surface area contributed by atoms with Gasteiger partial charge in [0.25, 0.3) is 0 Å². The summed E-state index contributed by atoms with van der Waals surface area (Å²) in [6.45, 7) is 12.3. The Morgan fingerprint density at radius 2 is 1.88 bits per heavy atom. The summed E-state index contributed by atoms with van der Waals surface area (Å²) < 4.78 is 58.3. The van der Waals surface area contributed by atoms with Gasteiger partial charge < -0.3 is 4.84 Å². The summed E-state index contributed by atoms with van der Waals surface area (Å²) in [4.78, 5) is 14.7. The maximum atomic E-state index is 14.6. The summed E-state index contributed by atoms with van der Waals surface area (Å²) >= 11 is 5.34. The van der Waals surface area contributed by atoms with Crippen LogP contribution in [0.5, 0.6) is 0 Å². The Balaban J connectivity index is 0.000000726. The quantitative estimate of drug-likeness (QED) is 0.208. The van der Waals surface area contributed by atoms with Crippen molar-refractivity contribution in [2.45, 2.75) is 57.5 Å². The van der Waals surface area contributed by atoms with Gasteiger partial charge in [-0.3, -0.25) is 4.79 Å². The molecule has 10 heteroatoms. The van der Waals surface area contributed by atoms with Crippen molar-refractivity contribution in [2.24, 2.45) is 9.52 Å². The number of oxime groups is 1. The van der Waals surface area contributed by atoms with Crippen LogP contribution >= 0.6 is 11.6 Å². The number of rotatable bonds is 4. The topological polar surface area (TPSA) is 68.1 Å². The van der Waals surface area contributed by atoms with Crippen molar-refractivity contribution >= 4 is 32.7 Å². The second kappa shape index (κ2) is 13.4. The molecule has 0 fully saturated rings. The lowest BCUT2D eigenvalue weighted by molar-refractivity contribution is -0.104. The smallest absolute Gasteiger partial charge is 0.219 e. The highest BCUT2D eigenvalue weighted by Gasteiger charge is 2.41. The first-order chi connectivity index (χ1) is 14.8. The van der Waals surface area contributed by atoms with E-state index in [1.165, 1.54) is 0 Å². The second-order valence-corrected chi connectivity index (χ2v) is 10.4. The van der Waals surface area contributed by atoms with Gasteiger partial charge in [0.1, 0.15) is 33.3 Å². The third-order valence-electron chi connectivity index (χ3n) is 4.05. The highest BCUT2D eigenvalue weighted by molar-refractivity contribution is 8.08. The fourth-order valence-electron chi connectivity index (χ4n) is 2.03. The molecule has 0 aliphatic carbocycles. The molecule has 0 saturated carbocycles. The molecular weight excluding hydrogens is 465 g/mol. The molecule has 1 aromatic carbocycles. The van der Waals surface area contributed by atoms with E-state index >= 15 is 0 Å². The van der Waals surface area contributed by atoms with Crippen molar-refractivity contribution in [1.29, 1.82) is 0 Å². The van der Waals surface area contributed by atoms with Crippen molar-refractivity contribution in [3.05, 3.63) is 59.7 Å². The zero-order valence-corrected chi connectivity index (χ0v) is 20.6. The van der Waals surface area contributed by atoms with Crippen molar-refractivity contribution in [3.63, 3.8) is 0 Å². The van der Waals surface area contributed by atoms with Crippen LogP contribution in [0.2, 0.25) is 0 Å². The first-order valence-electron chi connectivity index (χ1n) is 9.61. The molecule has 0 saturated heterocycles. The number of nitrogens with zero attached hydrogens (tertiary/aromatic N) is 2. The number of halogens is 4. The highest BCUT2D eigenvalue weighted by atomic mass is 35.5. The van der Waals surface area contributed by atoms with Crippen LogP contribution in [0.3, 0.4) is 0 Å². The van der Waals surface area contributed by atoms with E-state index < -0.39 is 38.0 Å². The molecule has 0 aromatic heterocycles. The maximum absolute atomic E-state index is 14.6. The SMILES string of the molecule is C/C=C(\C)C=O.C=CC(C)Cl.CN=S(=O)(C1=NOC(C)(C)C1)C(F)c1c(F)cccc1F. The van der Waals surface area contributed by atoms with Crippen LogP contribution in [0.15, 0.2) is 52.0 Å². The summed E-state index contributed by atoms with van der Waals surface area (Å²) in [7, 11) is -2.62. The Morgan fingerprint density at radius 3 is 2.16 bits per heavy atom. The Bertz CT molecular complexity index is 949. The summed E-state index contributed by atoms with van der Waals surface area (Å²) in [5, 5.41) is 3.59. The van der Waals surface area contributed by atoms with E-state index in [-0.39, 0.29) is 16.8 Å². The average molecular weight is 495 g/mol. The van der Waals surface area contributed by atoms with Crippen molar-refractivity contribution in [1.82, 2.24) is 0 Å². The summed E-state index contributed by atoms with van der Waals surface area (Å²) in [5.41, 5.74) is -3.33. The van der Waals surface area contributed by atoms with Crippen molar-refractivity contribution in [2.75, 3.05) is 7.05 Å². The molecule has 3 atom stereocenters. The maximum Gasteiger partial charge on any atom is 0.219 e. The van der Waals surface area contributed by atoms with Gasteiger partial charge in [0.15, 0.2) is 5.04 Å². The van der Waals surface area contributed by atoms with E-state index in [9.17, 15) is 22.2 Å². The molecule has 32 heavy (non-hydrogen) atoms. The molecule has 0 spiro atoms. The van der Waals surface area contributed by atoms with Crippen LogP contribution in [0.1, 0.15) is 52.1 Å². The molecule has 5 nitrogen and oxygen atoms in total. The summed E-state index contributed by atoms with van der Waals surface area (Å²) in [6, 6.07) is 2.90. The van der Waals surface area contributed by atoms with Crippen LogP contribution in [-0.4, -0.2) is 33.6 Å². The van der Waals surface area contributed by atoms with Crippen LogP contribution in [0, 0.1) is 11.6 Å². The third-order valence-corrected chi connectivity index (χ3v) is 6.46. The number of alkyl halides is 2. The molecule has 1 aromatic rings. The standard InChI is InChI=1S/C13H15F3N2O2S.C5H8O.C4H7Cl/c1-13(2)7-10(18-20-13)21(19,17-3)12(16)11-8(14)5-4-6-9(11)15;1-3-5(2)4-6;1-3-4(2)5/h4-6,12H,7H2,1-3H3;3-4H,1-2H3;3-4H,1H2,2H3/b;5-3+;. The lowest BCUT2D eigenvalue weighted by Crippen LogP contribution is -2.25. The largest absolute Gasteiger partial charge is 0.389 e. The average Bonchev–Trinajstić information content (AvgIpc) is 3.13. The molecule has 2 rings (SSSR count). The molecular formula is C22H30ClF3N2O3S. The minimum atomic E-state index is -3.75.